The van der Waals surface area contributed by atoms with Gasteiger partial charge in [0, 0.05) is 0 Å². The van der Waals surface area contributed by atoms with Crippen LogP contribution in [0.1, 0.15) is 27.2 Å². The minimum atomic E-state index is -1.64. The van der Waals surface area contributed by atoms with Gasteiger partial charge in [0.2, 0.25) is 0 Å². The van der Waals surface area contributed by atoms with E-state index in [-0.39, 0.29) is 0 Å². The van der Waals surface area contributed by atoms with Gasteiger partial charge in [-0.2, -0.15) is 0 Å². The first-order valence-corrected chi connectivity index (χ1v) is 9.65. The van der Waals surface area contributed by atoms with Crippen LogP contribution >= 0.6 is 0 Å². The second-order valence-electron chi connectivity index (χ2n) is 6.50. The molecule has 2 heteroatoms. The standard InChI is InChI=1S/C16H26OSi/c1-13(2)15(12-16(3,4)17)18(5,6)14-10-8-7-9-11-14/h7-11,15,17H,1,12H2,2-6H3/t15-/m0/s1. The molecule has 0 amide bonds. The van der Waals surface area contributed by atoms with Gasteiger partial charge in [-0.3, -0.25) is 0 Å². The molecule has 0 heterocycles. The molecular formula is C16H26OSi. The fraction of sp³-hybridized carbons (Fsp3) is 0.500. The molecule has 0 unspecified atom stereocenters. The fourth-order valence-corrected chi connectivity index (χ4v) is 6.31. The third-order valence-corrected chi connectivity index (χ3v) is 7.95. The first-order chi connectivity index (χ1) is 8.14. The van der Waals surface area contributed by atoms with E-state index in [2.05, 4.69) is 56.9 Å². The van der Waals surface area contributed by atoms with Crippen LogP contribution < -0.4 is 5.19 Å². The van der Waals surface area contributed by atoms with Crippen molar-refractivity contribution in [2.24, 2.45) is 0 Å². The summed E-state index contributed by atoms with van der Waals surface area (Å²) in [7, 11) is -1.64. The zero-order valence-corrected chi connectivity index (χ0v) is 13.3. The molecule has 1 nitrogen and oxygen atoms in total. The number of benzene rings is 1. The monoisotopic (exact) mass is 262 g/mol. The number of aliphatic hydroxyl groups is 1. The minimum Gasteiger partial charge on any atom is -0.390 e. The second-order valence-corrected chi connectivity index (χ2v) is 11.2. The van der Waals surface area contributed by atoms with Crippen molar-refractivity contribution in [3.05, 3.63) is 42.5 Å². The van der Waals surface area contributed by atoms with E-state index in [4.69, 9.17) is 0 Å². The van der Waals surface area contributed by atoms with Crippen LogP contribution in [0, 0.1) is 0 Å². The Morgan fingerprint density at radius 3 is 2.17 bits per heavy atom. The van der Waals surface area contributed by atoms with Crippen molar-refractivity contribution in [1.29, 1.82) is 0 Å². The van der Waals surface area contributed by atoms with Gasteiger partial charge in [-0.15, -0.1) is 6.58 Å². The third kappa shape index (κ3) is 3.82. The van der Waals surface area contributed by atoms with Crippen molar-refractivity contribution < 1.29 is 5.11 Å². The summed E-state index contributed by atoms with van der Waals surface area (Å²) < 4.78 is 0. The molecule has 0 bridgehead atoms. The van der Waals surface area contributed by atoms with Crippen molar-refractivity contribution in [1.82, 2.24) is 0 Å². The molecule has 18 heavy (non-hydrogen) atoms. The van der Waals surface area contributed by atoms with Gasteiger partial charge in [0.15, 0.2) is 0 Å². The van der Waals surface area contributed by atoms with Crippen LogP contribution in [0.25, 0.3) is 0 Å². The normalized spacial score (nSPS) is 14.3. The summed E-state index contributed by atoms with van der Waals surface area (Å²) in [5.74, 6) is 0. The quantitative estimate of drug-likeness (QED) is 0.633. The Hall–Kier alpha value is -0.863. The van der Waals surface area contributed by atoms with E-state index < -0.39 is 13.7 Å². The van der Waals surface area contributed by atoms with Crippen molar-refractivity contribution in [2.75, 3.05) is 0 Å². The molecule has 1 rings (SSSR count). The summed E-state index contributed by atoms with van der Waals surface area (Å²) in [6, 6.07) is 10.7. The van der Waals surface area contributed by atoms with Crippen molar-refractivity contribution >= 4 is 13.3 Å². The highest BCUT2D eigenvalue weighted by Gasteiger charge is 2.36. The van der Waals surface area contributed by atoms with Gasteiger partial charge in [0.05, 0.1) is 13.7 Å². The number of allylic oxidation sites excluding steroid dienone is 1. The molecular weight excluding hydrogens is 236 g/mol. The first kappa shape index (κ1) is 15.2. The Bertz CT molecular complexity index is 401. The van der Waals surface area contributed by atoms with Crippen LogP contribution in [0.15, 0.2) is 42.5 Å². The van der Waals surface area contributed by atoms with Crippen LogP contribution in [0.2, 0.25) is 18.6 Å². The zero-order chi connectivity index (χ0) is 14.0. The molecule has 0 saturated carbocycles. The van der Waals surface area contributed by atoms with E-state index in [1.807, 2.05) is 13.8 Å². The Morgan fingerprint density at radius 1 is 1.28 bits per heavy atom. The molecule has 1 N–H and O–H groups in total. The molecule has 1 atom stereocenters. The summed E-state index contributed by atoms with van der Waals surface area (Å²) in [5.41, 5.74) is 0.959. The Balaban J connectivity index is 3.09. The maximum absolute atomic E-state index is 10.1. The highest BCUT2D eigenvalue weighted by Crippen LogP contribution is 2.35. The predicted octanol–water partition coefficient (Wildman–Crippen LogP) is 3.71. The average molecular weight is 262 g/mol. The summed E-state index contributed by atoms with van der Waals surface area (Å²) >= 11 is 0. The van der Waals surface area contributed by atoms with Crippen molar-refractivity contribution in [3.8, 4) is 0 Å². The van der Waals surface area contributed by atoms with Crippen molar-refractivity contribution in [2.45, 2.75) is 51.4 Å². The van der Waals surface area contributed by atoms with Gasteiger partial charge < -0.3 is 5.11 Å². The fourth-order valence-electron chi connectivity index (χ4n) is 2.61. The Morgan fingerprint density at radius 2 is 1.78 bits per heavy atom. The number of hydrogen-bond donors (Lipinski definition) is 1. The SMILES string of the molecule is C=C(C)[C@H](CC(C)(C)O)[Si](C)(C)c1ccccc1. The van der Waals surface area contributed by atoms with Crippen LogP contribution in [-0.2, 0) is 0 Å². The first-order valence-electron chi connectivity index (χ1n) is 6.58. The molecule has 0 radical (unpaired) electrons. The van der Waals surface area contributed by atoms with Gasteiger partial charge in [0.25, 0.3) is 0 Å². The molecule has 1 aromatic rings. The molecule has 0 aliphatic heterocycles. The van der Waals surface area contributed by atoms with Gasteiger partial charge in [-0.25, -0.2) is 0 Å². The van der Waals surface area contributed by atoms with E-state index in [0.717, 1.165) is 6.42 Å². The lowest BCUT2D eigenvalue weighted by Crippen LogP contribution is -2.48. The highest BCUT2D eigenvalue weighted by molar-refractivity contribution is 6.91. The smallest absolute Gasteiger partial charge is 0.0877 e. The summed E-state index contributed by atoms with van der Waals surface area (Å²) in [6.45, 7) is 14.8. The molecule has 0 aromatic heterocycles. The van der Waals surface area contributed by atoms with Crippen molar-refractivity contribution in [3.63, 3.8) is 0 Å². The lowest BCUT2D eigenvalue weighted by molar-refractivity contribution is 0.0710. The molecule has 0 spiro atoms. The topological polar surface area (TPSA) is 20.2 Å². The Labute approximate surface area is 113 Å². The van der Waals surface area contributed by atoms with Gasteiger partial charge in [0.1, 0.15) is 0 Å². The molecule has 1 aromatic carbocycles. The molecule has 0 fully saturated rings. The van der Waals surface area contributed by atoms with Crippen LogP contribution in [0.4, 0.5) is 0 Å². The van der Waals surface area contributed by atoms with E-state index in [1.165, 1.54) is 10.8 Å². The molecule has 0 aliphatic rings. The molecule has 100 valence electrons. The lowest BCUT2D eigenvalue weighted by Gasteiger charge is -2.37. The van der Waals surface area contributed by atoms with Crippen LogP contribution in [-0.4, -0.2) is 18.8 Å². The van der Waals surface area contributed by atoms with Crippen LogP contribution in [0.5, 0.6) is 0 Å². The number of rotatable bonds is 5. The highest BCUT2D eigenvalue weighted by atomic mass is 28.3. The zero-order valence-electron chi connectivity index (χ0n) is 12.3. The summed E-state index contributed by atoms with van der Waals surface area (Å²) in [6.07, 6.45) is 0.788. The Kier molecular flexibility index (Phi) is 4.57. The lowest BCUT2D eigenvalue weighted by atomic mass is 9.99. The maximum Gasteiger partial charge on any atom is 0.0877 e. The molecule has 0 aliphatic carbocycles. The van der Waals surface area contributed by atoms with E-state index in [0.29, 0.717) is 5.54 Å². The second kappa shape index (κ2) is 5.41. The number of hydrogen-bond acceptors (Lipinski definition) is 1. The van der Waals surface area contributed by atoms with Gasteiger partial charge in [-0.05, 0) is 32.7 Å². The predicted molar refractivity (Wildman–Crippen MR) is 83.0 cm³/mol. The maximum atomic E-state index is 10.1. The van der Waals surface area contributed by atoms with E-state index in [9.17, 15) is 5.11 Å². The van der Waals surface area contributed by atoms with Gasteiger partial charge in [-0.1, -0.05) is 54.2 Å². The van der Waals surface area contributed by atoms with E-state index >= 15 is 0 Å². The molecule has 0 saturated heterocycles. The summed E-state index contributed by atoms with van der Waals surface area (Å²) in [4.78, 5) is 0. The summed E-state index contributed by atoms with van der Waals surface area (Å²) in [5, 5.41) is 11.6. The third-order valence-electron chi connectivity index (χ3n) is 3.69. The largest absolute Gasteiger partial charge is 0.390 e. The van der Waals surface area contributed by atoms with E-state index in [1.54, 1.807) is 0 Å². The average Bonchev–Trinajstić information content (AvgIpc) is 2.25. The van der Waals surface area contributed by atoms with Gasteiger partial charge >= 0.3 is 0 Å². The minimum absolute atomic E-state index is 0.403. The van der Waals surface area contributed by atoms with Crippen LogP contribution in [0.3, 0.4) is 0 Å².